The van der Waals surface area contributed by atoms with Crippen molar-refractivity contribution in [2.75, 3.05) is 18.1 Å². The third kappa shape index (κ3) is 8.38. The fourth-order valence-corrected chi connectivity index (χ4v) is 1.62. The standard InChI is InChI=1S/C10H21NO2S/c1-5-14-7-9(4)11-6-10(12)13-8(2)3/h8-9,11H,5-7H2,1-4H3. The summed E-state index contributed by atoms with van der Waals surface area (Å²) >= 11 is 1.87. The summed E-state index contributed by atoms with van der Waals surface area (Å²) in [4.78, 5) is 11.1. The van der Waals surface area contributed by atoms with Crippen LogP contribution in [0.5, 0.6) is 0 Å². The van der Waals surface area contributed by atoms with Crippen molar-refractivity contribution >= 4 is 17.7 Å². The number of carbonyl (C=O) groups is 1. The molecule has 0 saturated heterocycles. The van der Waals surface area contributed by atoms with Crippen LogP contribution in [0.1, 0.15) is 27.7 Å². The Morgan fingerprint density at radius 1 is 1.43 bits per heavy atom. The summed E-state index contributed by atoms with van der Waals surface area (Å²) in [5.41, 5.74) is 0. The first-order chi connectivity index (χ1) is 6.56. The minimum Gasteiger partial charge on any atom is -0.462 e. The van der Waals surface area contributed by atoms with E-state index >= 15 is 0 Å². The van der Waals surface area contributed by atoms with Gasteiger partial charge in [-0.2, -0.15) is 11.8 Å². The van der Waals surface area contributed by atoms with Crippen LogP contribution < -0.4 is 5.32 Å². The third-order valence-electron chi connectivity index (χ3n) is 1.53. The second kappa shape index (κ2) is 8.12. The lowest BCUT2D eigenvalue weighted by Crippen LogP contribution is -2.34. The highest BCUT2D eigenvalue weighted by Crippen LogP contribution is 2.00. The zero-order chi connectivity index (χ0) is 11.0. The molecule has 1 N–H and O–H groups in total. The van der Waals surface area contributed by atoms with Crippen molar-refractivity contribution in [3.05, 3.63) is 0 Å². The highest BCUT2D eigenvalue weighted by Gasteiger charge is 2.07. The molecule has 0 aromatic rings. The van der Waals surface area contributed by atoms with Gasteiger partial charge in [0.2, 0.25) is 0 Å². The first-order valence-electron chi connectivity index (χ1n) is 5.06. The molecule has 1 atom stereocenters. The van der Waals surface area contributed by atoms with E-state index in [9.17, 15) is 4.79 Å². The Morgan fingerprint density at radius 2 is 2.07 bits per heavy atom. The van der Waals surface area contributed by atoms with Crippen molar-refractivity contribution in [2.24, 2.45) is 0 Å². The van der Waals surface area contributed by atoms with Gasteiger partial charge in [0.05, 0.1) is 12.6 Å². The average molecular weight is 219 g/mol. The number of hydrogen-bond acceptors (Lipinski definition) is 4. The van der Waals surface area contributed by atoms with Gasteiger partial charge in [-0.1, -0.05) is 6.92 Å². The van der Waals surface area contributed by atoms with Crippen LogP contribution >= 0.6 is 11.8 Å². The largest absolute Gasteiger partial charge is 0.462 e. The molecule has 0 aliphatic carbocycles. The molecule has 0 aliphatic rings. The second-order valence-corrected chi connectivity index (χ2v) is 4.80. The van der Waals surface area contributed by atoms with Crippen molar-refractivity contribution in [1.82, 2.24) is 5.32 Å². The molecule has 0 amide bonds. The van der Waals surface area contributed by atoms with Crippen molar-refractivity contribution in [3.63, 3.8) is 0 Å². The van der Waals surface area contributed by atoms with E-state index in [2.05, 4.69) is 19.2 Å². The summed E-state index contributed by atoms with van der Waals surface area (Å²) in [5.74, 6) is 1.97. The van der Waals surface area contributed by atoms with Gasteiger partial charge in [0.25, 0.3) is 0 Å². The van der Waals surface area contributed by atoms with E-state index in [1.165, 1.54) is 0 Å². The SMILES string of the molecule is CCSCC(C)NCC(=O)OC(C)C. The first-order valence-corrected chi connectivity index (χ1v) is 6.22. The highest BCUT2D eigenvalue weighted by molar-refractivity contribution is 7.99. The maximum atomic E-state index is 11.1. The summed E-state index contributed by atoms with van der Waals surface area (Å²) in [6.07, 6.45) is -0.0235. The predicted molar refractivity (Wildman–Crippen MR) is 61.7 cm³/mol. The van der Waals surface area contributed by atoms with Gasteiger partial charge in [-0.15, -0.1) is 0 Å². The van der Waals surface area contributed by atoms with E-state index in [1.807, 2.05) is 25.6 Å². The maximum Gasteiger partial charge on any atom is 0.320 e. The molecule has 0 aromatic heterocycles. The number of ether oxygens (including phenoxy) is 1. The minimum absolute atomic E-state index is 0.0235. The normalized spacial score (nSPS) is 12.9. The lowest BCUT2D eigenvalue weighted by Gasteiger charge is -2.13. The van der Waals surface area contributed by atoms with Gasteiger partial charge < -0.3 is 10.1 Å². The lowest BCUT2D eigenvalue weighted by molar-refractivity contribution is -0.146. The lowest BCUT2D eigenvalue weighted by atomic mass is 10.4. The van der Waals surface area contributed by atoms with Gasteiger partial charge in [-0.3, -0.25) is 4.79 Å². The Kier molecular flexibility index (Phi) is 7.99. The van der Waals surface area contributed by atoms with E-state index in [4.69, 9.17) is 4.74 Å². The molecule has 0 radical (unpaired) electrons. The molecule has 3 nitrogen and oxygen atoms in total. The number of hydrogen-bond donors (Lipinski definition) is 1. The topological polar surface area (TPSA) is 38.3 Å². The summed E-state index contributed by atoms with van der Waals surface area (Å²) in [6.45, 7) is 8.22. The molecule has 14 heavy (non-hydrogen) atoms. The van der Waals surface area contributed by atoms with Crippen molar-refractivity contribution in [2.45, 2.75) is 39.8 Å². The molecule has 84 valence electrons. The summed E-state index contributed by atoms with van der Waals surface area (Å²) in [7, 11) is 0. The zero-order valence-electron chi connectivity index (χ0n) is 9.50. The molecule has 0 heterocycles. The van der Waals surface area contributed by atoms with Gasteiger partial charge in [0, 0.05) is 11.8 Å². The van der Waals surface area contributed by atoms with Crippen molar-refractivity contribution in [1.29, 1.82) is 0 Å². The van der Waals surface area contributed by atoms with Crippen molar-refractivity contribution < 1.29 is 9.53 Å². The quantitative estimate of drug-likeness (QED) is 0.661. The van der Waals surface area contributed by atoms with Crippen LogP contribution in [0.2, 0.25) is 0 Å². The van der Waals surface area contributed by atoms with Crippen LogP contribution in [0, 0.1) is 0 Å². The number of carbonyl (C=O) groups excluding carboxylic acids is 1. The number of rotatable bonds is 7. The molecular formula is C10H21NO2S. The van der Waals surface area contributed by atoms with E-state index in [-0.39, 0.29) is 12.1 Å². The smallest absolute Gasteiger partial charge is 0.320 e. The van der Waals surface area contributed by atoms with Crippen LogP contribution in [0.3, 0.4) is 0 Å². The fraction of sp³-hybridized carbons (Fsp3) is 0.900. The Bertz CT molecular complexity index is 162. The molecule has 1 unspecified atom stereocenters. The van der Waals surface area contributed by atoms with E-state index in [1.54, 1.807) is 0 Å². The predicted octanol–water partition coefficient (Wildman–Crippen LogP) is 1.67. The Balaban J connectivity index is 3.45. The fourth-order valence-electron chi connectivity index (χ4n) is 0.916. The van der Waals surface area contributed by atoms with Crippen LogP contribution in [0.4, 0.5) is 0 Å². The first kappa shape index (κ1) is 13.8. The highest BCUT2D eigenvalue weighted by atomic mass is 32.2. The number of nitrogens with one attached hydrogen (secondary N) is 1. The second-order valence-electron chi connectivity index (χ2n) is 3.48. The van der Waals surface area contributed by atoms with Crippen LogP contribution in [0.25, 0.3) is 0 Å². The monoisotopic (exact) mass is 219 g/mol. The van der Waals surface area contributed by atoms with Gasteiger partial charge in [0.1, 0.15) is 0 Å². The summed E-state index contributed by atoms with van der Waals surface area (Å²) in [6, 6.07) is 0.361. The molecule has 0 aromatic carbocycles. The summed E-state index contributed by atoms with van der Waals surface area (Å²) in [5, 5.41) is 3.13. The molecule has 0 aliphatic heterocycles. The zero-order valence-corrected chi connectivity index (χ0v) is 10.3. The van der Waals surface area contributed by atoms with Crippen molar-refractivity contribution in [3.8, 4) is 0 Å². The average Bonchev–Trinajstić information content (AvgIpc) is 2.10. The Hall–Kier alpha value is -0.220. The molecular weight excluding hydrogens is 198 g/mol. The third-order valence-corrected chi connectivity index (χ3v) is 2.68. The molecule has 0 spiro atoms. The Morgan fingerprint density at radius 3 is 2.57 bits per heavy atom. The number of esters is 1. The van der Waals surface area contributed by atoms with Crippen LogP contribution in [0.15, 0.2) is 0 Å². The Labute approximate surface area is 91.0 Å². The molecule has 0 bridgehead atoms. The molecule has 4 heteroatoms. The molecule has 0 fully saturated rings. The molecule has 0 rings (SSSR count). The van der Waals surface area contributed by atoms with Gasteiger partial charge in [-0.25, -0.2) is 0 Å². The maximum absolute atomic E-state index is 11.1. The van der Waals surface area contributed by atoms with Crippen LogP contribution in [-0.4, -0.2) is 36.2 Å². The van der Waals surface area contributed by atoms with E-state index in [0.717, 1.165) is 11.5 Å². The van der Waals surface area contributed by atoms with Crippen LogP contribution in [-0.2, 0) is 9.53 Å². The van der Waals surface area contributed by atoms with E-state index < -0.39 is 0 Å². The van der Waals surface area contributed by atoms with Gasteiger partial charge in [-0.05, 0) is 26.5 Å². The molecule has 0 saturated carbocycles. The van der Waals surface area contributed by atoms with Gasteiger partial charge >= 0.3 is 5.97 Å². The summed E-state index contributed by atoms with van der Waals surface area (Å²) < 4.78 is 5.00. The minimum atomic E-state index is -0.173. The number of thioether (sulfide) groups is 1. The van der Waals surface area contributed by atoms with Gasteiger partial charge in [0.15, 0.2) is 0 Å². The van der Waals surface area contributed by atoms with E-state index in [0.29, 0.717) is 12.6 Å².